The summed E-state index contributed by atoms with van der Waals surface area (Å²) in [6.07, 6.45) is 0.0299. The molecule has 2 rings (SSSR count). The highest BCUT2D eigenvalue weighted by atomic mass is 35.5. The molecule has 1 atom stereocenters. The number of benzene rings is 1. The van der Waals surface area contributed by atoms with Crippen LogP contribution in [-0.2, 0) is 4.74 Å². The monoisotopic (exact) mass is 299 g/mol. The first kappa shape index (κ1) is 15.0. The van der Waals surface area contributed by atoms with E-state index >= 15 is 0 Å². The van der Waals surface area contributed by atoms with Crippen LogP contribution in [-0.4, -0.2) is 48.7 Å². The van der Waals surface area contributed by atoms with E-state index in [-0.39, 0.29) is 16.8 Å². The average molecular weight is 300 g/mol. The summed E-state index contributed by atoms with van der Waals surface area (Å²) in [4.78, 5) is 12.9. The molecule has 0 aliphatic carbocycles. The normalized spacial score (nSPS) is 19.8. The van der Waals surface area contributed by atoms with Crippen molar-refractivity contribution in [1.29, 1.82) is 0 Å². The van der Waals surface area contributed by atoms with Gasteiger partial charge in [-0.25, -0.2) is 0 Å². The molecule has 1 aromatic rings. The highest BCUT2D eigenvalue weighted by Crippen LogP contribution is 2.32. The molecule has 110 valence electrons. The lowest BCUT2D eigenvalue weighted by molar-refractivity contribution is -0.383. The number of nitrogens with zero attached hydrogens (tertiary/aromatic N) is 2. The Morgan fingerprint density at radius 1 is 1.60 bits per heavy atom. The maximum Gasteiger partial charge on any atom is 0.310 e. The van der Waals surface area contributed by atoms with Crippen LogP contribution in [0.25, 0.3) is 0 Å². The van der Waals surface area contributed by atoms with Gasteiger partial charge in [0.15, 0.2) is 0 Å². The second-order valence-electron chi connectivity index (χ2n) is 4.66. The van der Waals surface area contributed by atoms with Gasteiger partial charge in [-0.05, 0) is 18.7 Å². The van der Waals surface area contributed by atoms with Gasteiger partial charge < -0.3 is 10.1 Å². The number of ether oxygens (including phenoxy) is 1. The molecule has 7 heteroatoms. The highest BCUT2D eigenvalue weighted by Gasteiger charge is 2.22. The van der Waals surface area contributed by atoms with Crippen LogP contribution in [0.15, 0.2) is 18.2 Å². The number of hydrogen-bond donors (Lipinski definition) is 1. The van der Waals surface area contributed by atoms with Gasteiger partial charge in [0.2, 0.25) is 0 Å². The molecule has 0 amide bonds. The molecular formula is C13H18ClN3O3. The van der Waals surface area contributed by atoms with Crippen LogP contribution in [0, 0.1) is 10.1 Å². The van der Waals surface area contributed by atoms with Crippen molar-refractivity contribution in [2.24, 2.45) is 0 Å². The molecule has 1 aliphatic rings. The zero-order valence-electron chi connectivity index (χ0n) is 11.3. The second kappa shape index (κ2) is 6.88. The molecule has 0 bridgehead atoms. The summed E-state index contributed by atoms with van der Waals surface area (Å²) in [6.45, 7) is 6.08. The number of nitro groups is 1. The third-order valence-electron chi connectivity index (χ3n) is 3.36. The lowest BCUT2D eigenvalue weighted by atomic mass is 10.2. The van der Waals surface area contributed by atoms with Crippen LogP contribution < -0.4 is 5.32 Å². The maximum absolute atomic E-state index is 11.0. The van der Waals surface area contributed by atoms with Crippen LogP contribution >= 0.6 is 11.6 Å². The minimum absolute atomic E-state index is 0.0299. The number of rotatable bonds is 5. The van der Waals surface area contributed by atoms with Gasteiger partial charge in [-0.2, -0.15) is 0 Å². The van der Waals surface area contributed by atoms with E-state index in [2.05, 4.69) is 17.1 Å². The summed E-state index contributed by atoms with van der Waals surface area (Å²) in [5.41, 5.74) is 0.344. The smallest absolute Gasteiger partial charge is 0.310 e. The number of anilines is 1. The van der Waals surface area contributed by atoms with Gasteiger partial charge in [0.1, 0.15) is 10.7 Å². The topological polar surface area (TPSA) is 67.6 Å². The van der Waals surface area contributed by atoms with Crippen molar-refractivity contribution < 1.29 is 9.66 Å². The summed E-state index contributed by atoms with van der Waals surface area (Å²) < 4.78 is 5.66. The first-order valence-corrected chi connectivity index (χ1v) is 7.00. The Morgan fingerprint density at radius 2 is 2.40 bits per heavy atom. The van der Waals surface area contributed by atoms with Crippen LogP contribution in [0.4, 0.5) is 11.4 Å². The van der Waals surface area contributed by atoms with Crippen LogP contribution in [0.1, 0.15) is 6.92 Å². The van der Waals surface area contributed by atoms with Crippen molar-refractivity contribution in [2.45, 2.75) is 13.0 Å². The molecule has 20 heavy (non-hydrogen) atoms. The zero-order valence-corrected chi connectivity index (χ0v) is 12.1. The van der Waals surface area contributed by atoms with Crippen molar-refractivity contribution in [3.63, 3.8) is 0 Å². The van der Waals surface area contributed by atoms with Gasteiger partial charge in [0.25, 0.3) is 0 Å². The molecule has 1 unspecified atom stereocenters. The number of nitro benzene ring substituents is 1. The molecular weight excluding hydrogens is 282 g/mol. The van der Waals surface area contributed by atoms with Crippen molar-refractivity contribution >= 4 is 23.0 Å². The van der Waals surface area contributed by atoms with E-state index in [0.29, 0.717) is 18.8 Å². The van der Waals surface area contributed by atoms with E-state index in [1.807, 2.05) is 0 Å². The number of nitrogens with one attached hydrogen (secondary N) is 1. The SMILES string of the molecule is CCN1CCOC(CNc2cccc(Cl)c2[N+](=O)[O-])C1. The minimum atomic E-state index is -0.468. The predicted molar refractivity (Wildman–Crippen MR) is 78.5 cm³/mol. The van der Waals surface area contributed by atoms with Gasteiger partial charge in [-0.15, -0.1) is 0 Å². The summed E-state index contributed by atoms with van der Waals surface area (Å²) in [5, 5.41) is 14.2. The highest BCUT2D eigenvalue weighted by molar-refractivity contribution is 6.33. The van der Waals surface area contributed by atoms with Gasteiger partial charge in [-0.1, -0.05) is 24.6 Å². The first-order chi connectivity index (χ1) is 9.61. The second-order valence-corrected chi connectivity index (χ2v) is 5.07. The Morgan fingerprint density at radius 3 is 3.10 bits per heavy atom. The Balaban J connectivity index is 2.00. The third-order valence-corrected chi connectivity index (χ3v) is 3.66. The number of para-hydroxylation sites is 1. The van der Waals surface area contributed by atoms with Crippen LogP contribution in [0.2, 0.25) is 5.02 Å². The van der Waals surface area contributed by atoms with Crippen LogP contribution in [0.5, 0.6) is 0 Å². The molecule has 1 aromatic carbocycles. The number of hydrogen-bond acceptors (Lipinski definition) is 5. The van der Waals surface area contributed by atoms with E-state index in [1.54, 1.807) is 12.1 Å². The van der Waals surface area contributed by atoms with Gasteiger partial charge in [-0.3, -0.25) is 15.0 Å². The maximum atomic E-state index is 11.0. The van der Waals surface area contributed by atoms with E-state index in [9.17, 15) is 10.1 Å². The van der Waals surface area contributed by atoms with Crippen molar-refractivity contribution in [3.8, 4) is 0 Å². The van der Waals surface area contributed by atoms with Gasteiger partial charge in [0, 0.05) is 19.6 Å². The Kier molecular flexibility index (Phi) is 5.17. The van der Waals surface area contributed by atoms with E-state index < -0.39 is 4.92 Å². The fraction of sp³-hybridized carbons (Fsp3) is 0.538. The molecule has 1 N–H and O–H groups in total. The number of halogens is 1. The Labute approximate surface area is 122 Å². The first-order valence-electron chi connectivity index (χ1n) is 6.62. The average Bonchev–Trinajstić information content (AvgIpc) is 2.45. The fourth-order valence-corrected chi connectivity index (χ4v) is 2.50. The predicted octanol–water partition coefficient (Wildman–Crippen LogP) is 2.38. The largest absolute Gasteiger partial charge is 0.377 e. The molecule has 1 fully saturated rings. The molecule has 1 saturated heterocycles. The standard InChI is InChI=1S/C13H18ClN3O3/c1-2-16-6-7-20-10(9-16)8-15-12-5-3-4-11(14)13(12)17(18)19/h3-5,10,15H,2,6-9H2,1H3. The molecule has 0 radical (unpaired) electrons. The molecule has 0 spiro atoms. The Bertz CT molecular complexity index is 484. The van der Waals surface area contributed by atoms with E-state index in [0.717, 1.165) is 19.6 Å². The molecule has 0 aromatic heterocycles. The van der Waals surface area contributed by atoms with E-state index in [4.69, 9.17) is 16.3 Å². The number of morpholine rings is 1. The molecule has 1 aliphatic heterocycles. The summed E-state index contributed by atoms with van der Waals surface area (Å²) in [5.74, 6) is 0. The zero-order chi connectivity index (χ0) is 14.5. The quantitative estimate of drug-likeness (QED) is 0.668. The third kappa shape index (κ3) is 3.59. The van der Waals surface area contributed by atoms with Crippen molar-refractivity contribution in [1.82, 2.24) is 4.90 Å². The molecule has 1 heterocycles. The van der Waals surface area contributed by atoms with Gasteiger partial charge in [0.05, 0.1) is 17.6 Å². The van der Waals surface area contributed by atoms with Crippen molar-refractivity contribution in [2.75, 3.05) is 38.1 Å². The molecule has 6 nitrogen and oxygen atoms in total. The summed E-state index contributed by atoms with van der Waals surface area (Å²) in [6, 6.07) is 4.86. The summed E-state index contributed by atoms with van der Waals surface area (Å²) in [7, 11) is 0. The fourth-order valence-electron chi connectivity index (χ4n) is 2.26. The minimum Gasteiger partial charge on any atom is -0.377 e. The van der Waals surface area contributed by atoms with Crippen molar-refractivity contribution in [3.05, 3.63) is 33.3 Å². The number of likely N-dealkylation sites (N-methyl/N-ethyl adjacent to an activating group) is 1. The lowest BCUT2D eigenvalue weighted by Gasteiger charge is -2.32. The lowest BCUT2D eigenvalue weighted by Crippen LogP contribution is -2.45. The van der Waals surface area contributed by atoms with E-state index in [1.165, 1.54) is 6.07 Å². The Hall–Kier alpha value is -1.37. The summed E-state index contributed by atoms with van der Waals surface area (Å²) >= 11 is 5.87. The van der Waals surface area contributed by atoms with Gasteiger partial charge >= 0.3 is 5.69 Å². The molecule has 0 saturated carbocycles. The van der Waals surface area contributed by atoms with Crippen LogP contribution in [0.3, 0.4) is 0 Å².